The Balaban J connectivity index is 2.46. The van der Waals surface area contributed by atoms with E-state index in [0.717, 1.165) is 11.3 Å². The highest BCUT2D eigenvalue weighted by Gasteiger charge is 2.14. The molecule has 0 radical (unpaired) electrons. The van der Waals surface area contributed by atoms with E-state index in [4.69, 9.17) is 28.3 Å². The van der Waals surface area contributed by atoms with Crippen molar-refractivity contribution in [3.8, 4) is 0 Å². The molecule has 0 aliphatic rings. The van der Waals surface area contributed by atoms with Gasteiger partial charge < -0.3 is 5.11 Å². The summed E-state index contributed by atoms with van der Waals surface area (Å²) in [6, 6.07) is 5.18. The summed E-state index contributed by atoms with van der Waals surface area (Å²) in [5, 5.41) is 14.4. The lowest BCUT2D eigenvalue weighted by Gasteiger charge is -2.12. The first kappa shape index (κ1) is 17.0. The van der Waals surface area contributed by atoms with Crippen LogP contribution in [0.5, 0.6) is 0 Å². The molecule has 4 nitrogen and oxygen atoms in total. The van der Waals surface area contributed by atoms with E-state index in [-0.39, 0.29) is 18.1 Å². The zero-order valence-electron chi connectivity index (χ0n) is 12.7. The van der Waals surface area contributed by atoms with Crippen LogP contribution >= 0.6 is 23.2 Å². The second-order valence-electron chi connectivity index (χ2n) is 5.55. The zero-order chi connectivity index (χ0) is 16.4. The molecule has 22 heavy (non-hydrogen) atoms. The van der Waals surface area contributed by atoms with Gasteiger partial charge in [-0.2, -0.15) is 5.10 Å². The number of aromatic nitrogens is 2. The molecule has 0 aliphatic carbocycles. The maximum absolute atomic E-state index is 12.1. The Kier molecular flexibility index (Phi) is 5.27. The molecule has 0 amide bonds. The topological polar surface area (TPSA) is 55.1 Å². The predicted octanol–water partition coefficient (Wildman–Crippen LogP) is 3.29. The first-order valence-corrected chi connectivity index (χ1v) is 7.73. The number of rotatable bonds is 4. The van der Waals surface area contributed by atoms with Crippen molar-refractivity contribution in [2.75, 3.05) is 0 Å². The van der Waals surface area contributed by atoms with E-state index >= 15 is 0 Å². The van der Waals surface area contributed by atoms with Crippen molar-refractivity contribution >= 4 is 23.2 Å². The van der Waals surface area contributed by atoms with Crippen LogP contribution in [0.25, 0.3) is 0 Å². The van der Waals surface area contributed by atoms with Gasteiger partial charge in [0.15, 0.2) is 0 Å². The monoisotopic (exact) mass is 340 g/mol. The van der Waals surface area contributed by atoms with Crippen molar-refractivity contribution < 1.29 is 5.11 Å². The van der Waals surface area contributed by atoms with Crippen molar-refractivity contribution in [1.29, 1.82) is 0 Å². The van der Waals surface area contributed by atoms with Gasteiger partial charge in [0.1, 0.15) is 0 Å². The largest absolute Gasteiger partial charge is 0.392 e. The lowest BCUT2D eigenvalue weighted by molar-refractivity contribution is 0.282. The van der Waals surface area contributed by atoms with Gasteiger partial charge in [-0.1, -0.05) is 37.0 Å². The molecule has 2 rings (SSSR count). The van der Waals surface area contributed by atoms with Crippen LogP contribution in [-0.2, 0) is 20.1 Å². The van der Waals surface area contributed by atoms with Gasteiger partial charge in [0.25, 0.3) is 5.56 Å². The molecule has 6 heteroatoms. The summed E-state index contributed by atoms with van der Waals surface area (Å²) in [5.74, 6) is 0.114. The molecule has 1 N–H and O–H groups in total. The third-order valence-electron chi connectivity index (χ3n) is 3.50. The molecule has 1 heterocycles. The van der Waals surface area contributed by atoms with Crippen LogP contribution in [-0.4, -0.2) is 14.9 Å². The summed E-state index contributed by atoms with van der Waals surface area (Å²) in [4.78, 5) is 12.1. The number of halogens is 2. The smallest absolute Gasteiger partial charge is 0.269 e. The highest BCUT2D eigenvalue weighted by molar-refractivity contribution is 6.36. The summed E-state index contributed by atoms with van der Waals surface area (Å²) in [6.45, 7) is 3.82. The molecule has 0 saturated carbocycles. The highest BCUT2D eigenvalue weighted by atomic mass is 35.5. The van der Waals surface area contributed by atoms with Gasteiger partial charge in [-0.3, -0.25) is 4.79 Å². The minimum atomic E-state index is -0.116. The van der Waals surface area contributed by atoms with E-state index in [0.29, 0.717) is 27.6 Å². The summed E-state index contributed by atoms with van der Waals surface area (Å²) in [5.41, 5.74) is 2.75. The van der Waals surface area contributed by atoms with E-state index < -0.39 is 0 Å². The maximum Gasteiger partial charge on any atom is 0.269 e. The third-order valence-corrected chi connectivity index (χ3v) is 4.18. The fourth-order valence-corrected chi connectivity index (χ4v) is 2.96. The van der Waals surface area contributed by atoms with E-state index in [1.54, 1.807) is 25.2 Å². The number of aliphatic hydroxyl groups is 1. The lowest BCUT2D eigenvalue weighted by Crippen LogP contribution is -2.25. The average Bonchev–Trinajstić information content (AvgIpc) is 2.45. The van der Waals surface area contributed by atoms with Gasteiger partial charge in [-0.05, 0) is 35.2 Å². The van der Waals surface area contributed by atoms with Gasteiger partial charge in [-0.25, -0.2) is 4.68 Å². The molecule has 2 aromatic rings. The quantitative estimate of drug-likeness (QED) is 0.928. The minimum absolute atomic E-state index is 0.0911. The second-order valence-corrected chi connectivity index (χ2v) is 6.36. The highest BCUT2D eigenvalue weighted by Crippen LogP contribution is 2.28. The number of nitrogens with zero attached hydrogens (tertiary/aromatic N) is 2. The molecule has 0 atom stereocenters. The van der Waals surface area contributed by atoms with E-state index in [1.807, 2.05) is 13.8 Å². The van der Waals surface area contributed by atoms with Crippen molar-refractivity contribution in [2.24, 2.45) is 7.05 Å². The Morgan fingerprint density at radius 3 is 2.32 bits per heavy atom. The first-order valence-electron chi connectivity index (χ1n) is 6.98. The summed E-state index contributed by atoms with van der Waals surface area (Å²) in [7, 11) is 1.63. The third kappa shape index (κ3) is 3.51. The summed E-state index contributed by atoms with van der Waals surface area (Å²) >= 11 is 12.5. The number of hydrogen-bond donors (Lipinski definition) is 1. The molecule has 0 aliphatic heterocycles. The number of hydrogen-bond acceptors (Lipinski definition) is 3. The van der Waals surface area contributed by atoms with Gasteiger partial charge in [0, 0.05) is 29.1 Å². The molecule has 0 bridgehead atoms. The Hall–Kier alpha value is -1.36. The normalized spacial score (nSPS) is 11.2. The Morgan fingerprint density at radius 2 is 1.82 bits per heavy atom. The van der Waals surface area contributed by atoms with Gasteiger partial charge >= 0.3 is 0 Å². The van der Waals surface area contributed by atoms with E-state index in [2.05, 4.69) is 5.10 Å². The molecule has 0 unspecified atom stereocenters. The van der Waals surface area contributed by atoms with Crippen molar-refractivity contribution in [3.05, 3.63) is 61.0 Å². The SMILES string of the molecule is CC(C)c1cc(Cc2c(Cl)cc(CO)cc2Cl)nn(C)c1=O. The minimum Gasteiger partial charge on any atom is -0.392 e. The van der Waals surface area contributed by atoms with Crippen molar-refractivity contribution in [2.45, 2.75) is 32.8 Å². The Labute approximate surface area is 139 Å². The fourth-order valence-electron chi connectivity index (χ4n) is 2.29. The zero-order valence-corrected chi connectivity index (χ0v) is 14.2. The lowest BCUT2D eigenvalue weighted by atomic mass is 10.0. The Morgan fingerprint density at radius 1 is 1.23 bits per heavy atom. The molecule has 0 fully saturated rings. The number of aliphatic hydroxyl groups excluding tert-OH is 1. The maximum atomic E-state index is 12.1. The summed E-state index contributed by atoms with van der Waals surface area (Å²) in [6.07, 6.45) is 0.428. The first-order chi connectivity index (χ1) is 10.3. The molecule has 0 saturated heterocycles. The Bertz CT molecular complexity index is 731. The predicted molar refractivity (Wildman–Crippen MR) is 88.8 cm³/mol. The van der Waals surface area contributed by atoms with Crippen molar-refractivity contribution in [3.63, 3.8) is 0 Å². The van der Waals surface area contributed by atoms with E-state index in [1.165, 1.54) is 4.68 Å². The number of benzene rings is 1. The molecule has 118 valence electrons. The van der Waals surface area contributed by atoms with Crippen LogP contribution in [0.3, 0.4) is 0 Å². The van der Waals surface area contributed by atoms with Crippen LogP contribution in [0.15, 0.2) is 23.0 Å². The molecule has 1 aromatic heterocycles. The van der Waals surface area contributed by atoms with Crippen LogP contribution in [0.2, 0.25) is 10.0 Å². The van der Waals surface area contributed by atoms with E-state index in [9.17, 15) is 4.79 Å². The average molecular weight is 341 g/mol. The van der Waals surface area contributed by atoms with Crippen molar-refractivity contribution in [1.82, 2.24) is 9.78 Å². The molecular weight excluding hydrogens is 323 g/mol. The van der Waals surface area contributed by atoms with Crippen LogP contribution in [0.4, 0.5) is 0 Å². The summed E-state index contributed by atoms with van der Waals surface area (Å²) < 4.78 is 1.34. The second kappa shape index (κ2) is 6.82. The van der Waals surface area contributed by atoms with Gasteiger partial charge in [0.2, 0.25) is 0 Å². The molecular formula is C16H18Cl2N2O2. The van der Waals surface area contributed by atoms with Gasteiger partial charge in [-0.15, -0.1) is 0 Å². The molecule has 0 spiro atoms. The fraction of sp³-hybridized carbons (Fsp3) is 0.375. The van der Waals surface area contributed by atoms with Gasteiger partial charge in [0.05, 0.1) is 12.3 Å². The van der Waals surface area contributed by atoms with Crippen LogP contribution < -0.4 is 5.56 Å². The standard InChI is InChI=1S/C16H18Cl2N2O2/c1-9(2)12-6-11(19-20(3)16(12)22)7-13-14(17)4-10(8-21)5-15(13)18/h4-6,9,21H,7-8H2,1-3H3. The molecule has 1 aromatic carbocycles. The van der Waals surface area contributed by atoms with Crippen LogP contribution in [0, 0.1) is 0 Å². The van der Waals surface area contributed by atoms with Crippen LogP contribution in [0.1, 0.15) is 42.1 Å². The number of aryl methyl sites for hydroxylation is 1.